The maximum Gasteiger partial charge on any atom is 0.165 e. The molecule has 0 aliphatic rings. The Kier molecular flexibility index (Phi) is 4.69. The van der Waals surface area contributed by atoms with Gasteiger partial charge in [0.05, 0.1) is 20.1 Å². The maximum atomic E-state index is 13.3. The Morgan fingerprint density at radius 3 is 2.61 bits per heavy atom. The number of hydrogen-bond donors (Lipinski definition) is 0. The molecule has 0 aliphatic carbocycles. The molecule has 1 nitrogen and oxygen atoms in total. The Hall–Kier alpha value is -0.100. The summed E-state index contributed by atoms with van der Waals surface area (Å²) in [4.78, 5) is 0. The normalized spacial score (nSPS) is 12.5. The van der Waals surface area contributed by atoms with Gasteiger partial charge in [-0.25, -0.2) is 4.39 Å². The van der Waals surface area contributed by atoms with Crippen LogP contribution in [-0.2, 0) is 0 Å². The third-order valence-electron chi connectivity index (χ3n) is 2.42. The molecule has 1 aromatic heterocycles. The first-order valence-corrected chi connectivity index (χ1v) is 7.79. The van der Waals surface area contributed by atoms with Crippen molar-refractivity contribution in [3.8, 4) is 5.75 Å². The fraction of sp³-hybridized carbons (Fsp3) is 0.167. The number of alkyl halides is 1. The lowest BCUT2D eigenvalue weighted by Gasteiger charge is -2.11. The van der Waals surface area contributed by atoms with Crippen LogP contribution in [0.25, 0.3) is 0 Å². The Balaban J connectivity index is 2.39. The summed E-state index contributed by atoms with van der Waals surface area (Å²) >= 11 is 14.8. The Labute approximate surface area is 130 Å². The van der Waals surface area contributed by atoms with Gasteiger partial charge in [-0.05, 0) is 55.6 Å². The van der Waals surface area contributed by atoms with E-state index < -0.39 is 5.82 Å². The van der Waals surface area contributed by atoms with Crippen molar-refractivity contribution < 1.29 is 9.13 Å². The summed E-state index contributed by atoms with van der Waals surface area (Å²) in [7, 11) is 1.43. The molecule has 18 heavy (non-hydrogen) atoms. The smallest absolute Gasteiger partial charge is 0.165 e. The zero-order valence-corrected chi connectivity index (χ0v) is 14.0. The van der Waals surface area contributed by atoms with Gasteiger partial charge in [-0.2, -0.15) is 0 Å². The Morgan fingerprint density at radius 2 is 2.06 bits per heavy atom. The SMILES string of the molecule is COc1cc(C(Cl)c2cc(Br)sc2Br)ccc1F. The van der Waals surface area contributed by atoms with Crippen LogP contribution in [0.1, 0.15) is 16.5 Å². The molecule has 1 unspecified atom stereocenters. The molecule has 0 aliphatic heterocycles. The summed E-state index contributed by atoms with van der Waals surface area (Å²) in [5.74, 6) is -0.195. The van der Waals surface area contributed by atoms with Crippen LogP contribution < -0.4 is 4.74 Å². The monoisotopic (exact) mass is 412 g/mol. The molecule has 1 atom stereocenters. The molecule has 6 heteroatoms. The first-order chi connectivity index (χ1) is 8.52. The van der Waals surface area contributed by atoms with Gasteiger partial charge in [0.15, 0.2) is 11.6 Å². The van der Waals surface area contributed by atoms with Gasteiger partial charge in [-0.1, -0.05) is 6.07 Å². The van der Waals surface area contributed by atoms with E-state index in [0.29, 0.717) is 0 Å². The van der Waals surface area contributed by atoms with E-state index in [-0.39, 0.29) is 11.1 Å². The zero-order chi connectivity index (χ0) is 13.3. The lowest BCUT2D eigenvalue weighted by Crippen LogP contribution is -1.95. The van der Waals surface area contributed by atoms with Crippen molar-refractivity contribution >= 4 is 54.8 Å². The molecule has 0 amide bonds. The van der Waals surface area contributed by atoms with E-state index in [0.717, 1.165) is 18.7 Å². The van der Waals surface area contributed by atoms with E-state index >= 15 is 0 Å². The number of methoxy groups -OCH3 is 1. The van der Waals surface area contributed by atoms with Gasteiger partial charge >= 0.3 is 0 Å². The lowest BCUT2D eigenvalue weighted by atomic mass is 10.1. The van der Waals surface area contributed by atoms with E-state index in [9.17, 15) is 4.39 Å². The summed E-state index contributed by atoms with van der Waals surface area (Å²) in [6.45, 7) is 0. The summed E-state index contributed by atoms with van der Waals surface area (Å²) in [5.41, 5.74) is 1.74. The molecular weight excluding hydrogens is 406 g/mol. The highest BCUT2D eigenvalue weighted by atomic mass is 79.9. The van der Waals surface area contributed by atoms with Crippen LogP contribution in [0.4, 0.5) is 4.39 Å². The minimum atomic E-state index is -0.393. The van der Waals surface area contributed by atoms with Gasteiger partial charge in [0.25, 0.3) is 0 Å². The minimum absolute atomic E-state index is 0.198. The molecule has 0 saturated carbocycles. The van der Waals surface area contributed by atoms with Gasteiger partial charge in [0.1, 0.15) is 0 Å². The molecule has 96 valence electrons. The third kappa shape index (κ3) is 2.90. The molecule has 2 aromatic rings. The van der Waals surface area contributed by atoms with Gasteiger partial charge in [0, 0.05) is 5.56 Å². The second-order valence-electron chi connectivity index (χ2n) is 3.54. The molecule has 0 fully saturated rings. The topological polar surface area (TPSA) is 9.23 Å². The number of halogens is 4. The second-order valence-corrected chi connectivity index (χ2v) is 7.72. The number of thiophene rings is 1. The summed E-state index contributed by atoms with van der Waals surface area (Å²) in [5, 5.41) is -0.351. The van der Waals surface area contributed by atoms with Crippen LogP contribution in [0, 0.1) is 5.82 Å². The quantitative estimate of drug-likeness (QED) is 0.581. The standard InChI is InChI=1S/C12H8Br2ClFOS/c1-17-9-4-6(2-3-8(9)16)11(15)7-5-10(13)18-12(7)14/h2-5,11H,1H3. The molecule has 0 spiro atoms. The van der Waals surface area contributed by atoms with E-state index in [1.54, 1.807) is 23.5 Å². The van der Waals surface area contributed by atoms with Crippen LogP contribution in [0.2, 0.25) is 0 Å². The number of benzene rings is 1. The molecule has 0 radical (unpaired) electrons. The van der Waals surface area contributed by atoms with Crippen molar-refractivity contribution in [3.05, 3.63) is 48.8 Å². The average Bonchev–Trinajstić information content (AvgIpc) is 2.68. The van der Waals surface area contributed by atoms with Crippen molar-refractivity contribution in [1.82, 2.24) is 0 Å². The van der Waals surface area contributed by atoms with Crippen LogP contribution in [-0.4, -0.2) is 7.11 Å². The molecule has 1 aromatic carbocycles. The molecular formula is C12H8Br2ClFOS. The average molecular weight is 415 g/mol. The van der Waals surface area contributed by atoms with Crippen LogP contribution in [0.3, 0.4) is 0 Å². The summed E-state index contributed by atoms with van der Waals surface area (Å²) in [6, 6.07) is 6.58. The summed E-state index contributed by atoms with van der Waals surface area (Å²) < 4.78 is 20.2. The van der Waals surface area contributed by atoms with Crippen molar-refractivity contribution in [2.24, 2.45) is 0 Å². The zero-order valence-electron chi connectivity index (χ0n) is 9.22. The van der Waals surface area contributed by atoms with Crippen molar-refractivity contribution in [3.63, 3.8) is 0 Å². The van der Waals surface area contributed by atoms with Crippen molar-refractivity contribution in [2.45, 2.75) is 5.38 Å². The molecule has 0 N–H and O–H groups in total. The lowest BCUT2D eigenvalue weighted by molar-refractivity contribution is 0.386. The Morgan fingerprint density at radius 1 is 1.33 bits per heavy atom. The van der Waals surface area contributed by atoms with Crippen LogP contribution >= 0.6 is 54.8 Å². The first-order valence-electron chi connectivity index (χ1n) is 4.95. The Bertz CT molecular complexity index is 573. The summed E-state index contributed by atoms with van der Waals surface area (Å²) in [6.07, 6.45) is 0. The number of ether oxygens (including phenoxy) is 1. The van der Waals surface area contributed by atoms with Crippen LogP contribution in [0.15, 0.2) is 31.8 Å². The van der Waals surface area contributed by atoms with E-state index in [1.807, 2.05) is 6.07 Å². The predicted molar refractivity (Wildman–Crippen MR) is 80.4 cm³/mol. The fourth-order valence-corrected chi connectivity index (χ4v) is 4.95. The van der Waals surface area contributed by atoms with E-state index in [1.165, 1.54) is 13.2 Å². The highest BCUT2D eigenvalue weighted by molar-refractivity contribution is 9.12. The number of rotatable bonds is 3. The van der Waals surface area contributed by atoms with Gasteiger partial charge < -0.3 is 4.74 Å². The highest BCUT2D eigenvalue weighted by Crippen LogP contribution is 2.41. The minimum Gasteiger partial charge on any atom is -0.494 e. The van der Waals surface area contributed by atoms with Crippen LogP contribution in [0.5, 0.6) is 5.75 Å². The van der Waals surface area contributed by atoms with Crippen molar-refractivity contribution in [2.75, 3.05) is 7.11 Å². The largest absolute Gasteiger partial charge is 0.494 e. The van der Waals surface area contributed by atoms with E-state index in [4.69, 9.17) is 16.3 Å². The van der Waals surface area contributed by atoms with Gasteiger partial charge in [0.2, 0.25) is 0 Å². The molecule has 1 heterocycles. The number of hydrogen-bond acceptors (Lipinski definition) is 2. The van der Waals surface area contributed by atoms with Crippen molar-refractivity contribution in [1.29, 1.82) is 0 Å². The second kappa shape index (κ2) is 5.90. The van der Waals surface area contributed by atoms with Gasteiger partial charge in [-0.15, -0.1) is 22.9 Å². The molecule has 2 rings (SSSR count). The maximum absolute atomic E-state index is 13.3. The highest BCUT2D eigenvalue weighted by Gasteiger charge is 2.18. The fourth-order valence-electron chi connectivity index (χ4n) is 1.54. The third-order valence-corrected chi connectivity index (χ3v) is 5.30. The van der Waals surface area contributed by atoms with E-state index in [2.05, 4.69) is 31.9 Å². The molecule has 0 bridgehead atoms. The first kappa shape index (κ1) is 14.3. The van der Waals surface area contributed by atoms with Gasteiger partial charge in [-0.3, -0.25) is 0 Å². The predicted octanol–water partition coefficient (Wildman–Crippen LogP) is 5.75. The molecule has 0 saturated heterocycles.